The van der Waals surface area contributed by atoms with E-state index in [1.165, 1.54) is 30.4 Å². The molecule has 82 valence electrons. The van der Waals surface area contributed by atoms with Crippen molar-refractivity contribution in [3.63, 3.8) is 0 Å². The van der Waals surface area contributed by atoms with Gasteiger partial charge in [-0.15, -0.1) is 0 Å². The molecule has 0 spiro atoms. The maximum absolute atomic E-state index is 6.00. The SMILES string of the molecule is Cc1ccc(CN[C@H]2CCC[C@@H]2N)cc1. The summed E-state index contributed by atoms with van der Waals surface area (Å²) in [5, 5.41) is 3.54. The van der Waals surface area contributed by atoms with E-state index >= 15 is 0 Å². The zero-order valence-electron chi connectivity index (χ0n) is 9.37. The van der Waals surface area contributed by atoms with Gasteiger partial charge in [-0.3, -0.25) is 0 Å². The molecule has 2 rings (SSSR count). The highest BCUT2D eigenvalue weighted by Gasteiger charge is 2.22. The summed E-state index contributed by atoms with van der Waals surface area (Å²) in [6, 6.07) is 9.56. The third-order valence-corrected chi connectivity index (χ3v) is 3.26. The van der Waals surface area contributed by atoms with Gasteiger partial charge in [0.05, 0.1) is 0 Å². The standard InChI is InChI=1S/C13H20N2/c1-10-5-7-11(8-6-10)9-15-13-4-2-3-12(13)14/h5-8,12-13,15H,2-4,9,14H2,1H3/t12-,13-/m0/s1. The molecular formula is C13H20N2. The Balaban J connectivity index is 1.85. The van der Waals surface area contributed by atoms with Crippen LogP contribution in [0.3, 0.4) is 0 Å². The van der Waals surface area contributed by atoms with E-state index < -0.39 is 0 Å². The van der Waals surface area contributed by atoms with Gasteiger partial charge in [0.2, 0.25) is 0 Å². The monoisotopic (exact) mass is 204 g/mol. The van der Waals surface area contributed by atoms with Crippen molar-refractivity contribution in [1.29, 1.82) is 0 Å². The van der Waals surface area contributed by atoms with Gasteiger partial charge in [0.1, 0.15) is 0 Å². The first-order chi connectivity index (χ1) is 7.25. The van der Waals surface area contributed by atoms with Crippen LogP contribution in [0.25, 0.3) is 0 Å². The van der Waals surface area contributed by atoms with Gasteiger partial charge in [-0.2, -0.15) is 0 Å². The van der Waals surface area contributed by atoms with E-state index in [0.717, 1.165) is 6.54 Å². The molecule has 1 saturated carbocycles. The molecule has 2 nitrogen and oxygen atoms in total. The molecule has 2 atom stereocenters. The van der Waals surface area contributed by atoms with Crippen LogP contribution in [0.4, 0.5) is 0 Å². The molecular weight excluding hydrogens is 184 g/mol. The van der Waals surface area contributed by atoms with Crippen LogP contribution in [0.5, 0.6) is 0 Å². The molecule has 2 heteroatoms. The predicted molar refractivity (Wildman–Crippen MR) is 63.6 cm³/mol. The smallest absolute Gasteiger partial charge is 0.0222 e. The first kappa shape index (κ1) is 10.7. The second kappa shape index (κ2) is 4.77. The minimum absolute atomic E-state index is 0.357. The lowest BCUT2D eigenvalue weighted by molar-refractivity contribution is 0.475. The van der Waals surface area contributed by atoms with Gasteiger partial charge >= 0.3 is 0 Å². The molecule has 0 radical (unpaired) electrons. The Bertz CT molecular complexity index is 305. The van der Waals surface area contributed by atoms with Crippen molar-refractivity contribution in [1.82, 2.24) is 5.32 Å². The van der Waals surface area contributed by atoms with Gasteiger partial charge in [-0.05, 0) is 25.3 Å². The third kappa shape index (κ3) is 2.80. The van der Waals surface area contributed by atoms with Gasteiger partial charge in [0.15, 0.2) is 0 Å². The third-order valence-electron chi connectivity index (χ3n) is 3.26. The molecule has 0 aromatic heterocycles. The Morgan fingerprint density at radius 1 is 1.27 bits per heavy atom. The van der Waals surface area contributed by atoms with Crippen molar-refractivity contribution < 1.29 is 0 Å². The van der Waals surface area contributed by atoms with Crippen molar-refractivity contribution >= 4 is 0 Å². The molecule has 1 aromatic carbocycles. The normalized spacial score (nSPS) is 25.7. The summed E-state index contributed by atoms with van der Waals surface area (Å²) in [6.07, 6.45) is 3.67. The topological polar surface area (TPSA) is 38.0 Å². The lowest BCUT2D eigenvalue weighted by Crippen LogP contribution is -2.40. The fourth-order valence-corrected chi connectivity index (χ4v) is 2.20. The fourth-order valence-electron chi connectivity index (χ4n) is 2.20. The van der Waals surface area contributed by atoms with E-state index in [-0.39, 0.29) is 0 Å². The van der Waals surface area contributed by atoms with Crippen molar-refractivity contribution in [3.05, 3.63) is 35.4 Å². The van der Waals surface area contributed by atoms with Gasteiger partial charge in [0, 0.05) is 18.6 Å². The summed E-state index contributed by atoms with van der Waals surface area (Å²) >= 11 is 0. The highest BCUT2D eigenvalue weighted by molar-refractivity contribution is 5.21. The van der Waals surface area contributed by atoms with Crippen molar-refractivity contribution in [2.24, 2.45) is 5.73 Å². The number of hydrogen-bond acceptors (Lipinski definition) is 2. The average molecular weight is 204 g/mol. The van der Waals surface area contributed by atoms with Gasteiger partial charge in [-0.25, -0.2) is 0 Å². The van der Waals surface area contributed by atoms with Crippen LogP contribution in [0.15, 0.2) is 24.3 Å². The summed E-state index contributed by atoms with van der Waals surface area (Å²) in [6.45, 7) is 3.06. The quantitative estimate of drug-likeness (QED) is 0.790. The molecule has 1 aliphatic carbocycles. The molecule has 0 heterocycles. The minimum atomic E-state index is 0.357. The Kier molecular flexibility index (Phi) is 3.39. The van der Waals surface area contributed by atoms with E-state index in [0.29, 0.717) is 12.1 Å². The number of nitrogens with one attached hydrogen (secondary N) is 1. The molecule has 1 aliphatic rings. The Morgan fingerprint density at radius 3 is 2.60 bits per heavy atom. The van der Waals surface area contributed by atoms with Crippen LogP contribution in [-0.2, 0) is 6.54 Å². The molecule has 0 aliphatic heterocycles. The highest BCUT2D eigenvalue weighted by atomic mass is 15.0. The molecule has 0 amide bonds. The largest absolute Gasteiger partial charge is 0.326 e. The number of hydrogen-bond donors (Lipinski definition) is 2. The maximum atomic E-state index is 6.00. The van der Waals surface area contributed by atoms with Crippen LogP contribution in [0.1, 0.15) is 30.4 Å². The molecule has 0 bridgehead atoms. The van der Waals surface area contributed by atoms with Crippen LogP contribution >= 0.6 is 0 Å². The number of nitrogens with two attached hydrogens (primary N) is 1. The predicted octanol–water partition coefficient (Wildman–Crippen LogP) is 1.96. The van der Waals surface area contributed by atoms with Crippen molar-refractivity contribution in [2.75, 3.05) is 0 Å². The lowest BCUT2D eigenvalue weighted by Gasteiger charge is -2.17. The average Bonchev–Trinajstić information content (AvgIpc) is 2.63. The second-order valence-electron chi connectivity index (χ2n) is 4.57. The van der Waals surface area contributed by atoms with E-state index in [1.54, 1.807) is 0 Å². The Hall–Kier alpha value is -0.860. The second-order valence-corrected chi connectivity index (χ2v) is 4.57. The number of benzene rings is 1. The van der Waals surface area contributed by atoms with Crippen LogP contribution in [0, 0.1) is 6.92 Å². The van der Waals surface area contributed by atoms with Crippen molar-refractivity contribution in [2.45, 2.75) is 44.8 Å². The minimum Gasteiger partial charge on any atom is -0.326 e. The van der Waals surface area contributed by atoms with E-state index in [1.807, 2.05) is 0 Å². The summed E-state index contributed by atoms with van der Waals surface area (Å²) in [5.74, 6) is 0. The summed E-state index contributed by atoms with van der Waals surface area (Å²) in [7, 11) is 0. The zero-order valence-corrected chi connectivity index (χ0v) is 9.37. The highest BCUT2D eigenvalue weighted by Crippen LogP contribution is 2.17. The van der Waals surface area contributed by atoms with Gasteiger partial charge in [0.25, 0.3) is 0 Å². The van der Waals surface area contributed by atoms with E-state index in [9.17, 15) is 0 Å². The molecule has 0 saturated heterocycles. The van der Waals surface area contributed by atoms with Gasteiger partial charge in [-0.1, -0.05) is 36.2 Å². The van der Waals surface area contributed by atoms with E-state index in [2.05, 4.69) is 36.5 Å². The molecule has 1 fully saturated rings. The first-order valence-corrected chi connectivity index (χ1v) is 5.80. The fraction of sp³-hybridized carbons (Fsp3) is 0.538. The zero-order chi connectivity index (χ0) is 10.7. The number of rotatable bonds is 3. The Morgan fingerprint density at radius 2 is 2.00 bits per heavy atom. The molecule has 0 unspecified atom stereocenters. The van der Waals surface area contributed by atoms with Crippen LogP contribution in [-0.4, -0.2) is 12.1 Å². The summed E-state index contributed by atoms with van der Waals surface area (Å²) < 4.78 is 0. The van der Waals surface area contributed by atoms with Crippen molar-refractivity contribution in [3.8, 4) is 0 Å². The molecule has 3 N–H and O–H groups in total. The summed E-state index contributed by atoms with van der Waals surface area (Å²) in [4.78, 5) is 0. The molecule has 1 aromatic rings. The maximum Gasteiger partial charge on any atom is 0.0222 e. The van der Waals surface area contributed by atoms with E-state index in [4.69, 9.17) is 5.73 Å². The first-order valence-electron chi connectivity index (χ1n) is 5.80. The number of aryl methyl sites for hydroxylation is 1. The van der Waals surface area contributed by atoms with Crippen LogP contribution < -0.4 is 11.1 Å². The van der Waals surface area contributed by atoms with Gasteiger partial charge < -0.3 is 11.1 Å². The van der Waals surface area contributed by atoms with Crippen LogP contribution in [0.2, 0.25) is 0 Å². The summed E-state index contributed by atoms with van der Waals surface area (Å²) in [5.41, 5.74) is 8.67. The molecule has 15 heavy (non-hydrogen) atoms. The Labute approximate surface area is 91.9 Å². The lowest BCUT2D eigenvalue weighted by atomic mass is 10.1.